The zero-order valence-electron chi connectivity index (χ0n) is 10.5. The lowest BCUT2D eigenvalue weighted by Crippen LogP contribution is -2.09. The molecule has 0 saturated carbocycles. The third-order valence-corrected chi connectivity index (χ3v) is 2.43. The summed E-state index contributed by atoms with van der Waals surface area (Å²) in [6, 6.07) is 3.52. The fourth-order valence-electron chi connectivity index (χ4n) is 1.41. The molecule has 0 amide bonds. The smallest absolute Gasteiger partial charge is 0.180 e. The van der Waals surface area contributed by atoms with Gasteiger partial charge in [-0.05, 0) is 38.6 Å². The van der Waals surface area contributed by atoms with Crippen LogP contribution in [0.3, 0.4) is 0 Å². The van der Waals surface area contributed by atoms with Crippen molar-refractivity contribution in [2.75, 3.05) is 20.2 Å². The summed E-state index contributed by atoms with van der Waals surface area (Å²) in [4.78, 5) is 15.4. The molecule has 0 saturated heterocycles. The predicted molar refractivity (Wildman–Crippen MR) is 67.5 cm³/mol. The third-order valence-electron chi connectivity index (χ3n) is 2.43. The molecule has 1 N–H and O–H groups in total. The number of rotatable bonds is 8. The van der Waals surface area contributed by atoms with E-state index >= 15 is 0 Å². The van der Waals surface area contributed by atoms with Crippen molar-refractivity contribution < 1.29 is 9.53 Å². The molecule has 0 unspecified atom stereocenters. The van der Waals surface area contributed by atoms with Crippen molar-refractivity contribution in [3.05, 3.63) is 24.0 Å². The van der Waals surface area contributed by atoms with Crippen LogP contribution in [0.1, 0.15) is 36.7 Å². The lowest BCUT2D eigenvalue weighted by molar-refractivity contribution is 0.0983. The van der Waals surface area contributed by atoms with Gasteiger partial charge in [-0.1, -0.05) is 6.92 Å². The number of unbranched alkanes of at least 4 members (excludes halogenated alkanes) is 1. The van der Waals surface area contributed by atoms with Crippen LogP contribution in [0.15, 0.2) is 18.3 Å². The van der Waals surface area contributed by atoms with Crippen molar-refractivity contribution in [1.82, 2.24) is 10.3 Å². The van der Waals surface area contributed by atoms with E-state index in [4.69, 9.17) is 4.74 Å². The van der Waals surface area contributed by atoms with Crippen LogP contribution in [0.4, 0.5) is 0 Å². The van der Waals surface area contributed by atoms with E-state index in [-0.39, 0.29) is 5.78 Å². The molecular formula is C13H20N2O2. The lowest BCUT2D eigenvalue weighted by atomic mass is 10.2. The van der Waals surface area contributed by atoms with Crippen molar-refractivity contribution in [2.24, 2.45) is 0 Å². The van der Waals surface area contributed by atoms with Crippen LogP contribution in [0, 0.1) is 0 Å². The van der Waals surface area contributed by atoms with E-state index < -0.39 is 0 Å². The molecule has 0 radical (unpaired) electrons. The van der Waals surface area contributed by atoms with Gasteiger partial charge in [0.05, 0.1) is 12.8 Å². The van der Waals surface area contributed by atoms with Gasteiger partial charge in [-0.15, -0.1) is 0 Å². The van der Waals surface area contributed by atoms with Gasteiger partial charge in [0, 0.05) is 6.42 Å². The Labute approximate surface area is 102 Å². The highest BCUT2D eigenvalue weighted by Crippen LogP contribution is 2.10. The molecule has 0 aliphatic rings. The van der Waals surface area contributed by atoms with Crippen LogP contribution < -0.4 is 10.1 Å². The first-order valence-electron chi connectivity index (χ1n) is 6.04. The summed E-state index contributed by atoms with van der Waals surface area (Å²) in [5.74, 6) is 0.785. The standard InChI is InChI=1S/C13H20N2O2/c1-3-13(16)12-7-6-11(10-15-12)17-9-5-4-8-14-2/h6-7,10,14H,3-5,8-9H2,1-2H3. The fourth-order valence-corrected chi connectivity index (χ4v) is 1.41. The first-order valence-corrected chi connectivity index (χ1v) is 6.04. The summed E-state index contributed by atoms with van der Waals surface area (Å²) in [5.41, 5.74) is 0.509. The molecule has 4 heteroatoms. The SMILES string of the molecule is CCC(=O)c1ccc(OCCCCNC)cn1. The Morgan fingerprint density at radius 3 is 2.82 bits per heavy atom. The molecule has 0 aliphatic heterocycles. The van der Waals surface area contributed by atoms with E-state index in [9.17, 15) is 4.79 Å². The van der Waals surface area contributed by atoms with Gasteiger partial charge >= 0.3 is 0 Å². The van der Waals surface area contributed by atoms with Crippen LogP contribution in [-0.4, -0.2) is 31.0 Å². The molecule has 0 fully saturated rings. The second-order valence-electron chi connectivity index (χ2n) is 3.81. The topological polar surface area (TPSA) is 51.2 Å². The molecular weight excluding hydrogens is 216 g/mol. The number of nitrogens with zero attached hydrogens (tertiary/aromatic N) is 1. The van der Waals surface area contributed by atoms with E-state index in [1.165, 1.54) is 0 Å². The van der Waals surface area contributed by atoms with E-state index in [1.807, 2.05) is 14.0 Å². The molecule has 1 aromatic heterocycles. The number of ketones is 1. The van der Waals surface area contributed by atoms with E-state index in [2.05, 4.69) is 10.3 Å². The Balaban J connectivity index is 2.33. The number of Topliss-reactive ketones (excluding diaryl/α,β-unsaturated/α-hetero) is 1. The summed E-state index contributed by atoms with van der Waals surface area (Å²) in [7, 11) is 1.94. The zero-order chi connectivity index (χ0) is 12.5. The molecule has 4 nitrogen and oxygen atoms in total. The second-order valence-corrected chi connectivity index (χ2v) is 3.81. The molecule has 0 bridgehead atoms. The number of carbonyl (C=O) groups excluding carboxylic acids is 1. The molecule has 17 heavy (non-hydrogen) atoms. The van der Waals surface area contributed by atoms with Crippen LogP contribution in [0.5, 0.6) is 5.75 Å². The summed E-state index contributed by atoms with van der Waals surface area (Å²) >= 11 is 0. The zero-order valence-corrected chi connectivity index (χ0v) is 10.5. The molecule has 1 heterocycles. The molecule has 0 spiro atoms. The van der Waals surface area contributed by atoms with Gasteiger partial charge in [-0.25, -0.2) is 4.98 Å². The second kappa shape index (κ2) is 7.79. The van der Waals surface area contributed by atoms with Crippen molar-refractivity contribution in [3.8, 4) is 5.75 Å². The number of hydrogen-bond acceptors (Lipinski definition) is 4. The number of hydrogen-bond donors (Lipinski definition) is 1. The van der Waals surface area contributed by atoms with Gasteiger partial charge in [0.25, 0.3) is 0 Å². The molecule has 0 atom stereocenters. The van der Waals surface area contributed by atoms with Crippen molar-refractivity contribution in [2.45, 2.75) is 26.2 Å². The highest BCUT2D eigenvalue weighted by atomic mass is 16.5. The van der Waals surface area contributed by atoms with E-state index in [1.54, 1.807) is 18.3 Å². The molecule has 0 aliphatic carbocycles. The molecule has 0 aromatic carbocycles. The monoisotopic (exact) mass is 236 g/mol. The number of aromatic nitrogens is 1. The highest BCUT2D eigenvalue weighted by Gasteiger charge is 2.04. The van der Waals surface area contributed by atoms with Gasteiger partial charge in [0.15, 0.2) is 5.78 Å². The minimum atomic E-state index is 0.0607. The number of carbonyl (C=O) groups is 1. The van der Waals surface area contributed by atoms with Gasteiger partial charge in [-0.2, -0.15) is 0 Å². The molecule has 1 rings (SSSR count). The van der Waals surface area contributed by atoms with Crippen molar-refractivity contribution in [3.63, 3.8) is 0 Å². The molecule has 1 aromatic rings. The maximum absolute atomic E-state index is 11.3. The normalized spacial score (nSPS) is 10.2. The maximum atomic E-state index is 11.3. The van der Waals surface area contributed by atoms with Gasteiger partial charge in [0.2, 0.25) is 0 Å². The van der Waals surface area contributed by atoms with Crippen LogP contribution in [0.2, 0.25) is 0 Å². The summed E-state index contributed by atoms with van der Waals surface area (Å²) < 4.78 is 5.52. The average molecular weight is 236 g/mol. The van der Waals surface area contributed by atoms with Gasteiger partial charge in [-0.3, -0.25) is 4.79 Å². The quantitative estimate of drug-likeness (QED) is 0.554. The van der Waals surface area contributed by atoms with Crippen LogP contribution in [-0.2, 0) is 0 Å². The van der Waals surface area contributed by atoms with Gasteiger partial charge in [0.1, 0.15) is 11.4 Å². The van der Waals surface area contributed by atoms with E-state index in [0.717, 1.165) is 25.1 Å². The van der Waals surface area contributed by atoms with Crippen molar-refractivity contribution in [1.29, 1.82) is 0 Å². The summed E-state index contributed by atoms with van der Waals surface area (Å²) in [5, 5.41) is 3.09. The lowest BCUT2D eigenvalue weighted by Gasteiger charge is -2.06. The minimum Gasteiger partial charge on any atom is -0.492 e. The van der Waals surface area contributed by atoms with Gasteiger partial charge < -0.3 is 10.1 Å². The van der Waals surface area contributed by atoms with Crippen LogP contribution >= 0.6 is 0 Å². The van der Waals surface area contributed by atoms with Crippen molar-refractivity contribution >= 4 is 5.78 Å². The predicted octanol–water partition coefficient (Wildman–Crippen LogP) is 2.05. The summed E-state index contributed by atoms with van der Waals surface area (Å²) in [6.45, 7) is 3.52. The number of pyridine rings is 1. The maximum Gasteiger partial charge on any atom is 0.180 e. The van der Waals surface area contributed by atoms with Crippen LogP contribution in [0.25, 0.3) is 0 Å². The average Bonchev–Trinajstić information content (AvgIpc) is 2.38. The third kappa shape index (κ3) is 4.95. The Hall–Kier alpha value is -1.42. The highest BCUT2D eigenvalue weighted by molar-refractivity contribution is 5.93. The largest absolute Gasteiger partial charge is 0.492 e. The Morgan fingerprint density at radius 2 is 2.24 bits per heavy atom. The molecule has 94 valence electrons. The summed E-state index contributed by atoms with van der Waals surface area (Å²) in [6.07, 6.45) is 4.20. The number of nitrogens with one attached hydrogen (secondary N) is 1. The number of ether oxygens (including phenoxy) is 1. The Bertz CT molecular complexity index is 336. The first kappa shape index (κ1) is 13.6. The fraction of sp³-hybridized carbons (Fsp3) is 0.538. The first-order chi connectivity index (χ1) is 8.27. The van der Waals surface area contributed by atoms with E-state index in [0.29, 0.717) is 18.7 Å². The minimum absolute atomic E-state index is 0.0607. The Morgan fingerprint density at radius 1 is 1.41 bits per heavy atom. The Kier molecular flexibility index (Phi) is 6.25.